The highest BCUT2D eigenvalue weighted by atomic mass is 35.5. The zero-order valence-corrected chi connectivity index (χ0v) is 12.2. The van der Waals surface area contributed by atoms with E-state index in [9.17, 15) is 0 Å². The van der Waals surface area contributed by atoms with Gasteiger partial charge in [-0.1, -0.05) is 36.5 Å². The van der Waals surface area contributed by atoms with E-state index >= 15 is 0 Å². The van der Waals surface area contributed by atoms with Crippen LogP contribution in [0, 0.1) is 0 Å². The molecule has 0 saturated heterocycles. The summed E-state index contributed by atoms with van der Waals surface area (Å²) in [4.78, 5) is 12.6. The maximum atomic E-state index is 6.14. The van der Waals surface area contributed by atoms with Crippen LogP contribution in [0.25, 0.3) is 11.4 Å². The molecule has 0 unspecified atom stereocenters. The van der Waals surface area contributed by atoms with Crippen molar-refractivity contribution in [3.05, 3.63) is 34.2 Å². The van der Waals surface area contributed by atoms with Gasteiger partial charge in [0.15, 0.2) is 5.82 Å². The Labute approximate surface area is 121 Å². The van der Waals surface area contributed by atoms with Crippen molar-refractivity contribution in [3.8, 4) is 17.3 Å². The van der Waals surface area contributed by atoms with Gasteiger partial charge < -0.3 is 4.74 Å². The highest BCUT2D eigenvalue weighted by molar-refractivity contribution is 6.34. The molecule has 0 N–H and O–H groups in total. The van der Waals surface area contributed by atoms with Crippen molar-refractivity contribution in [3.63, 3.8) is 0 Å². The fourth-order valence-electron chi connectivity index (χ4n) is 1.65. The van der Waals surface area contributed by atoms with Crippen molar-refractivity contribution in [2.24, 2.45) is 0 Å². The molecule has 2 aromatic rings. The molecular formula is C13H13Cl2N3O. The summed E-state index contributed by atoms with van der Waals surface area (Å²) < 4.78 is 5.00. The number of hydrogen-bond acceptors (Lipinski definition) is 4. The third-order valence-electron chi connectivity index (χ3n) is 2.61. The molecule has 0 fully saturated rings. The van der Waals surface area contributed by atoms with Gasteiger partial charge in [-0.2, -0.15) is 0 Å². The first-order chi connectivity index (χ1) is 9.15. The lowest BCUT2D eigenvalue weighted by atomic mass is 10.2. The molecule has 100 valence electrons. The van der Waals surface area contributed by atoms with E-state index in [0.29, 0.717) is 22.0 Å². The summed E-state index contributed by atoms with van der Waals surface area (Å²) in [5.74, 6) is 0.994. The molecule has 19 heavy (non-hydrogen) atoms. The fraction of sp³-hybridized carbons (Fsp3) is 0.308. The fourth-order valence-corrected chi connectivity index (χ4v) is 2.23. The van der Waals surface area contributed by atoms with Gasteiger partial charge in [0.2, 0.25) is 5.88 Å². The molecule has 0 aliphatic rings. The van der Waals surface area contributed by atoms with Crippen molar-refractivity contribution in [2.75, 3.05) is 7.11 Å². The number of ether oxygens (including phenoxy) is 1. The van der Waals surface area contributed by atoms with E-state index in [2.05, 4.69) is 15.0 Å². The zero-order valence-electron chi connectivity index (χ0n) is 10.7. The summed E-state index contributed by atoms with van der Waals surface area (Å²) in [6.45, 7) is 2.05. The van der Waals surface area contributed by atoms with Crippen LogP contribution in [0.15, 0.2) is 18.3 Å². The minimum absolute atomic E-state index is 0.396. The minimum atomic E-state index is 0.396. The number of rotatable bonds is 4. The molecule has 2 heterocycles. The second kappa shape index (κ2) is 6.17. The van der Waals surface area contributed by atoms with E-state index in [1.165, 1.54) is 0 Å². The van der Waals surface area contributed by atoms with Gasteiger partial charge in [-0.15, -0.1) is 0 Å². The van der Waals surface area contributed by atoms with E-state index < -0.39 is 0 Å². The number of methoxy groups -OCH3 is 1. The predicted molar refractivity (Wildman–Crippen MR) is 75.8 cm³/mol. The Morgan fingerprint density at radius 1 is 1.16 bits per heavy atom. The van der Waals surface area contributed by atoms with Crippen LogP contribution in [0.4, 0.5) is 0 Å². The van der Waals surface area contributed by atoms with E-state index in [-0.39, 0.29) is 0 Å². The van der Waals surface area contributed by atoms with Crippen molar-refractivity contribution in [1.29, 1.82) is 0 Å². The zero-order chi connectivity index (χ0) is 13.8. The summed E-state index contributed by atoms with van der Waals surface area (Å²) in [5.41, 5.74) is 1.53. The van der Waals surface area contributed by atoms with Crippen molar-refractivity contribution in [2.45, 2.75) is 19.8 Å². The van der Waals surface area contributed by atoms with Crippen LogP contribution in [0.5, 0.6) is 5.88 Å². The lowest BCUT2D eigenvalue weighted by Crippen LogP contribution is -1.98. The monoisotopic (exact) mass is 297 g/mol. The van der Waals surface area contributed by atoms with E-state index in [1.54, 1.807) is 19.4 Å². The van der Waals surface area contributed by atoms with E-state index in [1.807, 2.05) is 13.0 Å². The number of pyridine rings is 1. The number of aromatic nitrogens is 3. The molecule has 0 atom stereocenters. The molecule has 0 amide bonds. The molecule has 0 radical (unpaired) electrons. The molecule has 2 rings (SSSR count). The van der Waals surface area contributed by atoms with Crippen LogP contribution in [0.3, 0.4) is 0 Å². The Bertz CT molecular complexity index is 550. The van der Waals surface area contributed by atoms with Crippen LogP contribution in [0.2, 0.25) is 10.3 Å². The first kappa shape index (κ1) is 14.0. The van der Waals surface area contributed by atoms with Crippen LogP contribution in [0.1, 0.15) is 18.9 Å². The molecule has 0 aliphatic heterocycles. The topological polar surface area (TPSA) is 47.9 Å². The molecule has 6 heteroatoms. The summed E-state index contributed by atoms with van der Waals surface area (Å²) in [5, 5.41) is 0.792. The number of nitrogens with zero attached hydrogens (tertiary/aromatic N) is 3. The van der Waals surface area contributed by atoms with Crippen molar-refractivity contribution >= 4 is 23.2 Å². The van der Waals surface area contributed by atoms with Gasteiger partial charge in [-0.3, -0.25) is 0 Å². The first-order valence-electron chi connectivity index (χ1n) is 5.88. The lowest BCUT2D eigenvalue weighted by Gasteiger charge is -2.07. The molecule has 0 aliphatic carbocycles. The number of hydrogen-bond donors (Lipinski definition) is 0. The maximum absolute atomic E-state index is 6.14. The van der Waals surface area contributed by atoms with Gasteiger partial charge in [0.1, 0.15) is 10.3 Å². The van der Waals surface area contributed by atoms with Gasteiger partial charge in [0, 0.05) is 23.4 Å². The molecule has 0 saturated carbocycles. The average Bonchev–Trinajstić information content (AvgIpc) is 2.43. The first-order valence-corrected chi connectivity index (χ1v) is 6.63. The van der Waals surface area contributed by atoms with Crippen molar-refractivity contribution in [1.82, 2.24) is 15.0 Å². The van der Waals surface area contributed by atoms with Gasteiger partial charge in [0.25, 0.3) is 0 Å². The Morgan fingerprint density at radius 2 is 1.84 bits per heavy atom. The third kappa shape index (κ3) is 3.14. The quantitative estimate of drug-likeness (QED) is 0.805. The van der Waals surface area contributed by atoms with Crippen LogP contribution >= 0.6 is 23.2 Å². The lowest BCUT2D eigenvalue weighted by molar-refractivity contribution is 0.398. The standard InChI is InChI=1S/C13H13Cl2N3O/c1-3-4-9-11(14)17-13(18-12(9)15)8-5-6-10(19-2)16-7-8/h5-7H,3-4H2,1-2H3. The maximum Gasteiger partial charge on any atom is 0.212 e. The van der Waals surface area contributed by atoms with Crippen LogP contribution in [-0.2, 0) is 6.42 Å². The highest BCUT2D eigenvalue weighted by Crippen LogP contribution is 2.26. The summed E-state index contributed by atoms with van der Waals surface area (Å²) in [6, 6.07) is 3.55. The van der Waals surface area contributed by atoms with Gasteiger partial charge in [0.05, 0.1) is 7.11 Å². The second-order valence-electron chi connectivity index (χ2n) is 3.95. The number of halogens is 2. The summed E-state index contributed by atoms with van der Waals surface area (Å²) in [6.07, 6.45) is 3.32. The minimum Gasteiger partial charge on any atom is -0.481 e. The Balaban J connectivity index is 2.39. The largest absolute Gasteiger partial charge is 0.481 e. The normalized spacial score (nSPS) is 10.5. The van der Waals surface area contributed by atoms with Crippen molar-refractivity contribution < 1.29 is 4.74 Å². The third-order valence-corrected chi connectivity index (χ3v) is 3.24. The van der Waals surface area contributed by atoms with Gasteiger partial charge in [-0.05, 0) is 12.5 Å². The summed E-state index contributed by atoms with van der Waals surface area (Å²) in [7, 11) is 1.56. The Morgan fingerprint density at radius 3 is 2.32 bits per heavy atom. The molecule has 2 aromatic heterocycles. The van der Waals surface area contributed by atoms with E-state index in [0.717, 1.165) is 24.0 Å². The molecular weight excluding hydrogens is 285 g/mol. The molecule has 0 bridgehead atoms. The predicted octanol–water partition coefficient (Wildman–Crippen LogP) is 3.81. The summed E-state index contributed by atoms with van der Waals surface area (Å²) >= 11 is 12.3. The highest BCUT2D eigenvalue weighted by Gasteiger charge is 2.12. The van der Waals surface area contributed by atoms with Gasteiger partial charge in [-0.25, -0.2) is 15.0 Å². The molecule has 0 aromatic carbocycles. The Kier molecular flexibility index (Phi) is 4.56. The Hall–Kier alpha value is -1.39. The second-order valence-corrected chi connectivity index (χ2v) is 4.66. The van der Waals surface area contributed by atoms with Gasteiger partial charge >= 0.3 is 0 Å². The molecule has 0 spiro atoms. The SMILES string of the molecule is CCCc1c(Cl)nc(-c2ccc(OC)nc2)nc1Cl. The van der Waals surface area contributed by atoms with E-state index in [4.69, 9.17) is 27.9 Å². The molecule has 4 nitrogen and oxygen atoms in total. The van der Waals surface area contributed by atoms with Crippen LogP contribution < -0.4 is 4.74 Å². The smallest absolute Gasteiger partial charge is 0.212 e. The van der Waals surface area contributed by atoms with Crippen LogP contribution in [-0.4, -0.2) is 22.1 Å². The average molecular weight is 298 g/mol.